The molecule has 0 saturated carbocycles. The monoisotopic (exact) mass is 225 g/mol. The minimum atomic E-state index is -0.782. The minimum absolute atomic E-state index is 0.105. The van der Waals surface area contributed by atoms with Crippen LogP contribution >= 0.6 is 0 Å². The lowest BCUT2D eigenvalue weighted by molar-refractivity contribution is 0.0437. The Balaban J connectivity index is 2.50. The number of pyridine rings is 1. The van der Waals surface area contributed by atoms with Crippen LogP contribution in [0.5, 0.6) is 0 Å². The van der Waals surface area contributed by atoms with Crippen molar-refractivity contribution in [2.24, 2.45) is 5.92 Å². The number of ether oxygens (including phenoxy) is 1. The Bertz CT molecular complexity index is 355. The standard InChI is InChI=1S/C12H16FNO2/c1-3-5-9(2)8-16-12(15)10-6-4-7-14-11(10)13/h4,6-7,9H,3,5,8H2,1-2H3. The molecule has 1 aromatic rings. The minimum Gasteiger partial charge on any atom is -0.462 e. The molecule has 0 N–H and O–H groups in total. The average Bonchev–Trinajstić information content (AvgIpc) is 2.27. The molecule has 1 unspecified atom stereocenters. The maximum atomic E-state index is 13.1. The van der Waals surface area contributed by atoms with Gasteiger partial charge in [0.15, 0.2) is 0 Å². The molecular formula is C12H16FNO2. The van der Waals surface area contributed by atoms with E-state index >= 15 is 0 Å². The first-order valence-electron chi connectivity index (χ1n) is 5.42. The molecule has 16 heavy (non-hydrogen) atoms. The lowest BCUT2D eigenvalue weighted by atomic mass is 10.1. The molecule has 0 aliphatic carbocycles. The van der Waals surface area contributed by atoms with Crippen LogP contribution in [-0.2, 0) is 4.74 Å². The Kier molecular flexibility index (Phi) is 4.89. The number of rotatable bonds is 5. The number of aromatic nitrogens is 1. The van der Waals surface area contributed by atoms with E-state index in [0.29, 0.717) is 12.5 Å². The van der Waals surface area contributed by atoms with E-state index in [-0.39, 0.29) is 5.56 Å². The van der Waals surface area contributed by atoms with Crippen molar-refractivity contribution >= 4 is 5.97 Å². The average molecular weight is 225 g/mol. The van der Waals surface area contributed by atoms with E-state index in [9.17, 15) is 9.18 Å². The Morgan fingerprint density at radius 2 is 2.38 bits per heavy atom. The molecule has 1 atom stereocenters. The molecule has 1 rings (SSSR count). The van der Waals surface area contributed by atoms with E-state index in [1.165, 1.54) is 18.3 Å². The lowest BCUT2D eigenvalue weighted by Crippen LogP contribution is -2.13. The van der Waals surface area contributed by atoms with Crippen molar-refractivity contribution in [3.05, 3.63) is 29.8 Å². The van der Waals surface area contributed by atoms with Crippen molar-refractivity contribution in [1.82, 2.24) is 4.98 Å². The molecule has 0 aromatic carbocycles. The van der Waals surface area contributed by atoms with Crippen molar-refractivity contribution in [2.45, 2.75) is 26.7 Å². The predicted octanol–water partition coefficient (Wildman–Crippen LogP) is 2.81. The second-order valence-corrected chi connectivity index (χ2v) is 3.83. The second-order valence-electron chi connectivity index (χ2n) is 3.83. The zero-order valence-electron chi connectivity index (χ0n) is 9.57. The number of halogens is 1. The van der Waals surface area contributed by atoms with Gasteiger partial charge in [0.25, 0.3) is 0 Å². The predicted molar refractivity (Wildman–Crippen MR) is 58.5 cm³/mol. The quantitative estimate of drug-likeness (QED) is 0.571. The van der Waals surface area contributed by atoms with Crippen LogP contribution in [-0.4, -0.2) is 17.6 Å². The molecule has 0 aliphatic rings. The van der Waals surface area contributed by atoms with Crippen molar-refractivity contribution in [3.63, 3.8) is 0 Å². The third-order valence-corrected chi connectivity index (χ3v) is 2.26. The summed E-state index contributed by atoms with van der Waals surface area (Å²) in [7, 11) is 0. The normalized spacial score (nSPS) is 12.2. The number of nitrogens with zero attached hydrogens (tertiary/aromatic N) is 1. The third kappa shape index (κ3) is 3.61. The highest BCUT2D eigenvalue weighted by Crippen LogP contribution is 2.09. The van der Waals surface area contributed by atoms with Crippen molar-refractivity contribution in [2.75, 3.05) is 6.61 Å². The van der Waals surface area contributed by atoms with Crippen LogP contribution in [0.25, 0.3) is 0 Å². The van der Waals surface area contributed by atoms with Crippen LogP contribution in [0.3, 0.4) is 0 Å². The van der Waals surface area contributed by atoms with Crippen LogP contribution in [0.15, 0.2) is 18.3 Å². The van der Waals surface area contributed by atoms with Crippen LogP contribution < -0.4 is 0 Å². The van der Waals surface area contributed by atoms with E-state index in [4.69, 9.17) is 4.74 Å². The summed E-state index contributed by atoms with van der Waals surface area (Å²) in [6.45, 7) is 4.39. The number of carbonyl (C=O) groups is 1. The van der Waals surface area contributed by atoms with Crippen LogP contribution in [0.1, 0.15) is 37.0 Å². The van der Waals surface area contributed by atoms with Gasteiger partial charge in [0.05, 0.1) is 6.61 Å². The summed E-state index contributed by atoms with van der Waals surface area (Å²) < 4.78 is 18.1. The Labute approximate surface area is 94.6 Å². The number of hydrogen-bond donors (Lipinski definition) is 0. The number of esters is 1. The van der Waals surface area contributed by atoms with Crippen molar-refractivity contribution in [1.29, 1.82) is 0 Å². The molecule has 88 valence electrons. The van der Waals surface area contributed by atoms with Gasteiger partial charge in [-0.05, 0) is 24.5 Å². The van der Waals surface area contributed by atoms with E-state index in [1.807, 2.05) is 6.92 Å². The fourth-order valence-electron chi connectivity index (χ4n) is 1.41. The largest absolute Gasteiger partial charge is 0.462 e. The molecule has 0 fully saturated rings. The maximum Gasteiger partial charge on any atom is 0.342 e. The number of hydrogen-bond acceptors (Lipinski definition) is 3. The molecule has 0 amide bonds. The van der Waals surface area contributed by atoms with Gasteiger partial charge in [-0.25, -0.2) is 9.78 Å². The molecule has 0 saturated heterocycles. The summed E-state index contributed by atoms with van der Waals surface area (Å²) in [4.78, 5) is 14.9. The summed E-state index contributed by atoms with van der Waals surface area (Å²) >= 11 is 0. The maximum absolute atomic E-state index is 13.1. The fraction of sp³-hybridized carbons (Fsp3) is 0.500. The summed E-state index contributed by atoms with van der Waals surface area (Å²) in [6, 6.07) is 2.88. The van der Waals surface area contributed by atoms with E-state index in [1.54, 1.807) is 0 Å². The topological polar surface area (TPSA) is 39.2 Å². The molecule has 4 heteroatoms. The molecule has 1 heterocycles. The molecule has 0 bridgehead atoms. The Morgan fingerprint density at radius 1 is 1.62 bits per heavy atom. The molecule has 0 radical (unpaired) electrons. The molecule has 0 aliphatic heterocycles. The Hall–Kier alpha value is -1.45. The first kappa shape index (κ1) is 12.6. The van der Waals surface area contributed by atoms with Gasteiger partial charge < -0.3 is 4.74 Å². The zero-order valence-corrected chi connectivity index (χ0v) is 9.57. The summed E-state index contributed by atoms with van der Waals surface area (Å²) in [6.07, 6.45) is 3.33. The van der Waals surface area contributed by atoms with Crippen LogP contribution in [0.4, 0.5) is 4.39 Å². The SMILES string of the molecule is CCCC(C)COC(=O)c1cccnc1F. The van der Waals surface area contributed by atoms with Gasteiger partial charge in [0.2, 0.25) is 5.95 Å². The molecule has 3 nitrogen and oxygen atoms in total. The summed E-state index contributed by atoms with van der Waals surface area (Å²) in [5.74, 6) is -1.13. The van der Waals surface area contributed by atoms with Crippen LogP contribution in [0, 0.1) is 11.9 Å². The van der Waals surface area contributed by atoms with E-state index < -0.39 is 11.9 Å². The summed E-state index contributed by atoms with van der Waals surface area (Å²) in [5, 5.41) is 0. The van der Waals surface area contributed by atoms with Crippen molar-refractivity contribution < 1.29 is 13.9 Å². The van der Waals surface area contributed by atoms with Crippen LogP contribution in [0.2, 0.25) is 0 Å². The van der Waals surface area contributed by atoms with Gasteiger partial charge in [-0.2, -0.15) is 4.39 Å². The van der Waals surface area contributed by atoms with Crippen molar-refractivity contribution in [3.8, 4) is 0 Å². The lowest BCUT2D eigenvalue weighted by Gasteiger charge is -2.10. The highest BCUT2D eigenvalue weighted by Gasteiger charge is 2.14. The Morgan fingerprint density at radius 3 is 3.00 bits per heavy atom. The van der Waals surface area contributed by atoms with E-state index in [0.717, 1.165) is 12.8 Å². The third-order valence-electron chi connectivity index (χ3n) is 2.26. The van der Waals surface area contributed by atoms with Gasteiger partial charge in [0.1, 0.15) is 5.56 Å². The van der Waals surface area contributed by atoms with Gasteiger partial charge in [-0.15, -0.1) is 0 Å². The van der Waals surface area contributed by atoms with E-state index in [2.05, 4.69) is 11.9 Å². The highest BCUT2D eigenvalue weighted by molar-refractivity contribution is 5.89. The molecular weight excluding hydrogens is 209 g/mol. The van der Waals surface area contributed by atoms with Gasteiger partial charge in [0, 0.05) is 6.20 Å². The van der Waals surface area contributed by atoms with Gasteiger partial charge >= 0.3 is 5.97 Å². The van der Waals surface area contributed by atoms with Gasteiger partial charge in [-0.1, -0.05) is 20.3 Å². The smallest absolute Gasteiger partial charge is 0.342 e. The second kappa shape index (κ2) is 6.20. The fourth-order valence-corrected chi connectivity index (χ4v) is 1.41. The highest BCUT2D eigenvalue weighted by atomic mass is 19.1. The zero-order chi connectivity index (χ0) is 12.0. The molecule has 0 spiro atoms. The first-order valence-corrected chi connectivity index (χ1v) is 5.42. The number of carbonyl (C=O) groups excluding carboxylic acids is 1. The summed E-state index contributed by atoms with van der Waals surface area (Å²) in [5.41, 5.74) is -0.105. The first-order chi connectivity index (χ1) is 7.65. The molecule has 1 aromatic heterocycles. The van der Waals surface area contributed by atoms with Gasteiger partial charge in [-0.3, -0.25) is 0 Å².